The SMILES string of the molecule is CCCOC[C@@H]1CCN(C(=O)CN2C(=O)CCc3ccccc32)C1. The lowest BCUT2D eigenvalue weighted by Crippen LogP contribution is -2.44. The molecule has 2 aliphatic rings. The number of rotatable bonds is 6. The van der Waals surface area contributed by atoms with Gasteiger partial charge in [0.15, 0.2) is 0 Å². The standard InChI is InChI=1S/C19H26N2O3/c1-2-11-24-14-15-9-10-20(12-15)19(23)13-21-17-6-4-3-5-16(17)7-8-18(21)22/h3-6,15H,2,7-14H2,1H3/t15-/m1/s1. The molecular weight excluding hydrogens is 304 g/mol. The Morgan fingerprint density at radius 3 is 2.96 bits per heavy atom. The monoisotopic (exact) mass is 330 g/mol. The number of aryl methyl sites for hydroxylation is 1. The van der Waals surface area contributed by atoms with Crippen LogP contribution in [0.1, 0.15) is 31.7 Å². The highest BCUT2D eigenvalue weighted by Gasteiger charge is 2.30. The van der Waals surface area contributed by atoms with Gasteiger partial charge in [0.1, 0.15) is 6.54 Å². The van der Waals surface area contributed by atoms with Crippen LogP contribution in [0.5, 0.6) is 0 Å². The van der Waals surface area contributed by atoms with Gasteiger partial charge in [0.2, 0.25) is 11.8 Å². The van der Waals surface area contributed by atoms with Crippen molar-refractivity contribution < 1.29 is 14.3 Å². The van der Waals surface area contributed by atoms with Crippen LogP contribution in [0.2, 0.25) is 0 Å². The van der Waals surface area contributed by atoms with E-state index in [4.69, 9.17) is 4.74 Å². The van der Waals surface area contributed by atoms with Gasteiger partial charge in [-0.15, -0.1) is 0 Å². The number of nitrogens with zero attached hydrogens (tertiary/aromatic N) is 2. The van der Waals surface area contributed by atoms with Gasteiger partial charge in [-0.3, -0.25) is 9.59 Å². The normalized spacial score (nSPS) is 20.4. The number of carbonyl (C=O) groups is 2. The van der Waals surface area contributed by atoms with Crippen LogP contribution in [0.4, 0.5) is 5.69 Å². The van der Waals surface area contributed by atoms with E-state index in [9.17, 15) is 9.59 Å². The topological polar surface area (TPSA) is 49.9 Å². The summed E-state index contributed by atoms with van der Waals surface area (Å²) < 4.78 is 5.61. The molecule has 130 valence electrons. The number of ether oxygens (including phenoxy) is 1. The lowest BCUT2D eigenvalue weighted by atomic mass is 10.0. The molecule has 1 fully saturated rings. The largest absolute Gasteiger partial charge is 0.381 e. The van der Waals surface area contributed by atoms with E-state index in [1.54, 1.807) is 4.90 Å². The fourth-order valence-corrected chi connectivity index (χ4v) is 3.49. The maximum atomic E-state index is 12.6. The van der Waals surface area contributed by atoms with Gasteiger partial charge in [-0.2, -0.15) is 0 Å². The van der Waals surface area contributed by atoms with Gasteiger partial charge in [0, 0.05) is 37.7 Å². The molecule has 1 atom stereocenters. The summed E-state index contributed by atoms with van der Waals surface area (Å²) in [6.07, 6.45) is 3.25. The zero-order chi connectivity index (χ0) is 16.9. The molecule has 3 rings (SSSR count). The van der Waals surface area contributed by atoms with Gasteiger partial charge < -0.3 is 14.5 Å². The first-order valence-corrected chi connectivity index (χ1v) is 8.92. The van der Waals surface area contributed by atoms with Crippen molar-refractivity contribution in [2.24, 2.45) is 5.92 Å². The summed E-state index contributed by atoms with van der Waals surface area (Å²) in [5.41, 5.74) is 2.04. The number of benzene rings is 1. The molecule has 5 heteroatoms. The van der Waals surface area contributed by atoms with E-state index in [2.05, 4.69) is 6.92 Å². The Kier molecular flexibility index (Phi) is 5.51. The second-order valence-electron chi connectivity index (χ2n) is 6.68. The highest BCUT2D eigenvalue weighted by Crippen LogP contribution is 2.27. The van der Waals surface area contributed by atoms with Crippen LogP contribution in [0.3, 0.4) is 0 Å². The maximum Gasteiger partial charge on any atom is 0.242 e. The van der Waals surface area contributed by atoms with Crippen molar-refractivity contribution in [1.29, 1.82) is 0 Å². The van der Waals surface area contributed by atoms with E-state index in [0.717, 1.165) is 56.8 Å². The molecule has 0 N–H and O–H groups in total. The second-order valence-corrected chi connectivity index (χ2v) is 6.68. The van der Waals surface area contributed by atoms with Gasteiger partial charge in [-0.1, -0.05) is 25.1 Å². The zero-order valence-corrected chi connectivity index (χ0v) is 14.4. The number of anilines is 1. The fraction of sp³-hybridized carbons (Fsp3) is 0.579. The van der Waals surface area contributed by atoms with Crippen molar-refractivity contribution in [3.8, 4) is 0 Å². The molecule has 0 aliphatic carbocycles. The first-order chi connectivity index (χ1) is 11.7. The van der Waals surface area contributed by atoms with Gasteiger partial charge in [-0.05, 0) is 30.9 Å². The van der Waals surface area contributed by atoms with E-state index in [1.165, 1.54) is 0 Å². The Balaban J connectivity index is 1.58. The number of carbonyl (C=O) groups excluding carboxylic acids is 2. The number of amides is 2. The molecule has 1 aromatic rings. The Hall–Kier alpha value is -1.88. The summed E-state index contributed by atoms with van der Waals surface area (Å²) in [5.74, 6) is 0.506. The highest BCUT2D eigenvalue weighted by atomic mass is 16.5. The summed E-state index contributed by atoms with van der Waals surface area (Å²) >= 11 is 0. The summed E-state index contributed by atoms with van der Waals surface area (Å²) in [6.45, 7) is 5.26. The van der Waals surface area contributed by atoms with Crippen LogP contribution in [0, 0.1) is 5.92 Å². The molecule has 5 nitrogen and oxygen atoms in total. The van der Waals surface area contributed by atoms with Gasteiger partial charge in [-0.25, -0.2) is 0 Å². The lowest BCUT2D eigenvalue weighted by Gasteiger charge is -2.30. The van der Waals surface area contributed by atoms with Crippen LogP contribution in [-0.2, 0) is 20.7 Å². The van der Waals surface area contributed by atoms with Crippen molar-refractivity contribution in [2.45, 2.75) is 32.6 Å². The molecule has 0 unspecified atom stereocenters. The molecule has 0 saturated carbocycles. The predicted molar refractivity (Wildman–Crippen MR) is 92.9 cm³/mol. The molecule has 2 aliphatic heterocycles. The molecule has 2 heterocycles. The van der Waals surface area contributed by atoms with Crippen LogP contribution in [0.25, 0.3) is 0 Å². The Morgan fingerprint density at radius 1 is 1.29 bits per heavy atom. The number of hydrogen-bond acceptors (Lipinski definition) is 3. The minimum Gasteiger partial charge on any atom is -0.381 e. The third kappa shape index (κ3) is 3.78. The molecular formula is C19H26N2O3. The molecule has 0 spiro atoms. The number of fused-ring (bicyclic) bond motifs is 1. The van der Waals surface area contributed by atoms with Gasteiger partial charge >= 0.3 is 0 Å². The molecule has 1 saturated heterocycles. The average Bonchev–Trinajstić information content (AvgIpc) is 3.07. The van der Waals surface area contributed by atoms with Crippen molar-refractivity contribution >= 4 is 17.5 Å². The maximum absolute atomic E-state index is 12.6. The zero-order valence-electron chi connectivity index (χ0n) is 14.4. The highest BCUT2D eigenvalue weighted by molar-refractivity contribution is 6.01. The first-order valence-electron chi connectivity index (χ1n) is 8.92. The Morgan fingerprint density at radius 2 is 2.12 bits per heavy atom. The van der Waals surface area contributed by atoms with Crippen molar-refractivity contribution in [3.05, 3.63) is 29.8 Å². The van der Waals surface area contributed by atoms with Gasteiger partial charge in [0.25, 0.3) is 0 Å². The smallest absolute Gasteiger partial charge is 0.242 e. The minimum atomic E-state index is 0.0399. The third-order valence-corrected chi connectivity index (χ3v) is 4.83. The summed E-state index contributed by atoms with van der Waals surface area (Å²) in [6, 6.07) is 7.88. The molecule has 0 aromatic heterocycles. The minimum absolute atomic E-state index is 0.0399. The summed E-state index contributed by atoms with van der Waals surface area (Å²) in [4.78, 5) is 28.5. The van der Waals surface area contributed by atoms with E-state index >= 15 is 0 Å². The van der Waals surface area contributed by atoms with Crippen molar-refractivity contribution in [1.82, 2.24) is 4.90 Å². The third-order valence-electron chi connectivity index (χ3n) is 4.83. The van der Waals surface area contributed by atoms with Crippen molar-refractivity contribution in [2.75, 3.05) is 37.7 Å². The van der Waals surface area contributed by atoms with Crippen molar-refractivity contribution in [3.63, 3.8) is 0 Å². The fourth-order valence-electron chi connectivity index (χ4n) is 3.49. The van der Waals surface area contributed by atoms with Crippen LogP contribution < -0.4 is 4.90 Å². The van der Waals surface area contributed by atoms with E-state index in [0.29, 0.717) is 12.3 Å². The Labute approximate surface area is 143 Å². The quantitative estimate of drug-likeness (QED) is 0.752. The number of likely N-dealkylation sites (tertiary alicyclic amines) is 1. The molecule has 24 heavy (non-hydrogen) atoms. The van der Waals surface area contributed by atoms with E-state index < -0.39 is 0 Å². The molecule has 2 amide bonds. The summed E-state index contributed by atoms with van der Waals surface area (Å²) in [7, 11) is 0. The molecule has 1 aromatic carbocycles. The second kappa shape index (κ2) is 7.79. The summed E-state index contributed by atoms with van der Waals surface area (Å²) in [5, 5.41) is 0. The molecule has 0 bridgehead atoms. The van der Waals surface area contributed by atoms with Crippen LogP contribution >= 0.6 is 0 Å². The first kappa shape index (κ1) is 17.0. The molecule has 0 radical (unpaired) electrons. The van der Waals surface area contributed by atoms with Crippen LogP contribution in [0.15, 0.2) is 24.3 Å². The number of para-hydroxylation sites is 1. The average molecular weight is 330 g/mol. The Bertz CT molecular complexity index is 602. The number of hydrogen-bond donors (Lipinski definition) is 0. The van der Waals surface area contributed by atoms with Gasteiger partial charge in [0.05, 0.1) is 6.61 Å². The van der Waals surface area contributed by atoms with Crippen LogP contribution in [-0.4, -0.2) is 49.6 Å². The predicted octanol–water partition coefficient (Wildman–Crippen LogP) is 2.24. The van der Waals surface area contributed by atoms with E-state index in [-0.39, 0.29) is 18.4 Å². The lowest BCUT2D eigenvalue weighted by molar-refractivity contribution is -0.130. The van der Waals surface area contributed by atoms with E-state index in [1.807, 2.05) is 29.2 Å².